The lowest BCUT2D eigenvalue weighted by molar-refractivity contribution is 0.201. The second-order valence-corrected chi connectivity index (χ2v) is 4.41. The topological polar surface area (TPSA) is 115 Å². The quantitative estimate of drug-likeness (QED) is 0.755. The zero-order chi connectivity index (χ0) is 10.8. The molecule has 0 aliphatic heterocycles. The Morgan fingerprint density at radius 1 is 1.27 bits per heavy atom. The van der Waals surface area contributed by atoms with Crippen molar-refractivity contribution in [3.63, 3.8) is 0 Å². The first-order valence-corrected chi connectivity index (χ1v) is 5.22. The molecule has 0 saturated carbocycles. The molecule has 0 bridgehead atoms. The molecule has 0 radical (unpaired) electrons. The third kappa shape index (κ3) is 3.56. The van der Waals surface area contributed by atoms with E-state index in [-0.39, 0.29) is 10.4 Å². The lowest BCUT2D eigenvalue weighted by atomic mass is 10.2. The Bertz CT molecular complexity index is 437. The number of rotatable bonds is 2. The molecular weight excluding hydrogens is 222 g/mol. The van der Waals surface area contributed by atoms with Crippen LogP contribution in [0.2, 0.25) is 0 Å². The van der Waals surface area contributed by atoms with Gasteiger partial charge in [0, 0.05) is 0 Å². The Kier molecular flexibility index (Phi) is 4.25. The van der Waals surface area contributed by atoms with E-state index < -0.39 is 16.1 Å². The lowest BCUT2D eigenvalue weighted by Crippen LogP contribution is -2.28. The van der Waals surface area contributed by atoms with E-state index in [0.717, 1.165) is 5.56 Å². The highest BCUT2D eigenvalue weighted by molar-refractivity contribution is 7.90. The number of aryl methyl sites for hydroxylation is 1. The SMILES string of the molecule is Cc1ccc(S(=O)(=O)NC(=O)O)cc1.O. The van der Waals surface area contributed by atoms with E-state index in [9.17, 15) is 13.2 Å². The fourth-order valence-electron chi connectivity index (χ4n) is 0.891. The maximum absolute atomic E-state index is 11.3. The largest absolute Gasteiger partial charge is 0.464 e. The highest BCUT2D eigenvalue weighted by atomic mass is 32.2. The van der Waals surface area contributed by atoms with E-state index in [0.29, 0.717) is 0 Å². The number of benzene rings is 1. The van der Waals surface area contributed by atoms with Crippen LogP contribution in [0.4, 0.5) is 4.79 Å². The van der Waals surface area contributed by atoms with Gasteiger partial charge in [-0.25, -0.2) is 17.9 Å². The first-order valence-electron chi connectivity index (χ1n) is 3.74. The molecular formula is C8H11NO5S. The van der Waals surface area contributed by atoms with Crippen LogP contribution >= 0.6 is 0 Å². The van der Waals surface area contributed by atoms with Crippen LogP contribution in [0.1, 0.15) is 5.56 Å². The van der Waals surface area contributed by atoms with E-state index in [1.54, 1.807) is 19.1 Å². The van der Waals surface area contributed by atoms with Crippen molar-refractivity contribution in [2.24, 2.45) is 0 Å². The Hall–Kier alpha value is -1.60. The van der Waals surface area contributed by atoms with Crippen molar-refractivity contribution in [2.45, 2.75) is 11.8 Å². The minimum Gasteiger partial charge on any atom is -0.464 e. The van der Waals surface area contributed by atoms with Crippen LogP contribution in [0.15, 0.2) is 29.2 Å². The standard InChI is InChI=1S/C8H9NO4S.H2O/c1-6-2-4-7(5-3-6)14(12,13)9-8(10)11;/h2-5,9H,1H3,(H,10,11);1H2. The van der Waals surface area contributed by atoms with Gasteiger partial charge in [-0.1, -0.05) is 17.7 Å². The molecule has 0 atom stereocenters. The van der Waals surface area contributed by atoms with Gasteiger partial charge in [0.05, 0.1) is 4.90 Å². The summed E-state index contributed by atoms with van der Waals surface area (Å²) in [6.07, 6.45) is -1.59. The average Bonchev–Trinajstić information content (AvgIpc) is 2.02. The van der Waals surface area contributed by atoms with Gasteiger partial charge in [0.1, 0.15) is 0 Å². The minimum absolute atomic E-state index is 0. The van der Waals surface area contributed by atoms with Gasteiger partial charge in [-0.3, -0.25) is 0 Å². The van der Waals surface area contributed by atoms with Crippen molar-refractivity contribution in [3.05, 3.63) is 29.8 Å². The van der Waals surface area contributed by atoms with Gasteiger partial charge in [-0.15, -0.1) is 0 Å². The molecule has 0 fully saturated rings. The predicted octanol–water partition coefficient (Wildman–Crippen LogP) is 0.127. The maximum Gasteiger partial charge on any atom is 0.418 e. The summed E-state index contributed by atoms with van der Waals surface area (Å²) in [6.45, 7) is 1.81. The molecule has 1 rings (SSSR count). The molecule has 0 aliphatic carbocycles. The Morgan fingerprint density at radius 3 is 2.13 bits per heavy atom. The molecule has 0 saturated heterocycles. The first-order chi connectivity index (χ1) is 6.42. The normalized spacial score (nSPS) is 10.2. The Labute approximate surface area is 86.9 Å². The van der Waals surface area contributed by atoms with Crippen LogP contribution in [-0.4, -0.2) is 25.1 Å². The van der Waals surface area contributed by atoms with Gasteiger partial charge in [-0.2, -0.15) is 0 Å². The molecule has 1 amide bonds. The molecule has 6 nitrogen and oxygen atoms in total. The Morgan fingerprint density at radius 2 is 1.73 bits per heavy atom. The molecule has 0 aromatic heterocycles. The third-order valence-corrected chi connectivity index (χ3v) is 2.89. The molecule has 0 aliphatic rings. The molecule has 0 unspecified atom stereocenters. The van der Waals surface area contributed by atoms with Crippen molar-refractivity contribution in [2.75, 3.05) is 0 Å². The molecule has 0 spiro atoms. The summed E-state index contributed by atoms with van der Waals surface area (Å²) in [4.78, 5) is 10.1. The van der Waals surface area contributed by atoms with Gasteiger partial charge in [0.25, 0.3) is 10.0 Å². The average molecular weight is 233 g/mol. The first kappa shape index (κ1) is 13.4. The van der Waals surface area contributed by atoms with Crippen molar-refractivity contribution < 1.29 is 23.8 Å². The molecule has 0 heterocycles. The zero-order valence-corrected chi connectivity index (χ0v) is 8.71. The van der Waals surface area contributed by atoms with Gasteiger partial charge < -0.3 is 10.6 Å². The second-order valence-electron chi connectivity index (χ2n) is 2.72. The van der Waals surface area contributed by atoms with Gasteiger partial charge in [0.15, 0.2) is 0 Å². The number of carboxylic acid groups (broad SMARTS) is 1. The molecule has 84 valence electrons. The van der Waals surface area contributed by atoms with Crippen molar-refractivity contribution in [1.82, 2.24) is 4.72 Å². The summed E-state index contributed by atoms with van der Waals surface area (Å²) in [6, 6.07) is 5.88. The lowest BCUT2D eigenvalue weighted by Gasteiger charge is -2.03. The molecule has 1 aromatic rings. The molecule has 15 heavy (non-hydrogen) atoms. The number of hydrogen-bond acceptors (Lipinski definition) is 3. The number of sulfonamides is 1. The monoisotopic (exact) mass is 233 g/mol. The van der Waals surface area contributed by atoms with E-state index >= 15 is 0 Å². The maximum atomic E-state index is 11.3. The van der Waals surface area contributed by atoms with Gasteiger partial charge >= 0.3 is 6.09 Å². The fraction of sp³-hybridized carbons (Fsp3) is 0.125. The van der Waals surface area contributed by atoms with Crippen LogP contribution in [0, 0.1) is 6.92 Å². The summed E-state index contributed by atoms with van der Waals surface area (Å²) >= 11 is 0. The smallest absolute Gasteiger partial charge is 0.418 e. The third-order valence-electron chi connectivity index (χ3n) is 1.55. The number of amides is 1. The number of nitrogens with one attached hydrogen (secondary N) is 1. The Balaban J connectivity index is 0.00000196. The van der Waals surface area contributed by atoms with Crippen LogP contribution in [0.25, 0.3) is 0 Å². The summed E-state index contributed by atoms with van der Waals surface area (Å²) in [7, 11) is -3.93. The fourth-order valence-corrected chi connectivity index (χ4v) is 1.73. The van der Waals surface area contributed by atoms with E-state index in [4.69, 9.17) is 5.11 Å². The van der Waals surface area contributed by atoms with Crippen LogP contribution in [-0.2, 0) is 10.0 Å². The summed E-state index contributed by atoms with van der Waals surface area (Å²) in [5.41, 5.74) is 0.902. The zero-order valence-electron chi connectivity index (χ0n) is 7.89. The van der Waals surface area contributed by atoms with Crippen molar-refractivity contribution in [1.29, 1.82) is 0 Å². The van der Waals surface area contributed by atoms with Crippen molar-refractivity contribution >= 4 is 16.1 Å². The van der Waals surface area contributed by atoms with Gasteiger partial charge in [0.2, 0.25) is 0 Å². The van der Waals surface area contributed by atoms with E-state index in [1.165, 1.54) is 16.9 Å². The van der Waals surface area contributed by atoms with E-state index in [2.05, 4.69) is 0 Å². The number of carbonyl (C=O) groups is 1. The molecule has 4 N–H and O–H groups in total. The highest BCUT2D eigenvalue weighted by Gasteiger charge is 2.15. The second kappa shape index (κ2) is 4.76. The van der Waals surface area contributed by atoms with Gasteiger partial charge in [-0.05, 0) is 19.1 Å². The summed E-state index contributed by atoms with van der Waals surface area (Å²) in [5.74, 6) is 0. The summed E-state index contributed by atoms with van der Waals surface area (Å²) < 4.78 is 24.0. The minimum atomic E-state index is -3.93. The van der Waals surface area contributed by atoms with Crippen LogP contribution < -0.4 is 4.72 Å². The highest BCUT2D eigenvalue weighted by Crippen LogP contribution is 2.09. The van der Waals surface area contributed by atoms with Crippen molar-refractivity contribution in [3.8, 4) is 0 Å². The number of hydrogen-bond donors (Lipinski definition) is 2. The molecule has 1 aromatic carbocycles. The van der Waals surface area contributed by atoms with Crippen LogP contribution in [0.5, 0.6) is 0 Å². The van der Waals surface area contributed by atoms with E-state index in [1.807, 2.05) is 0 Å². The predicted molar refractivity (Wildman–Crippen MR) is 53.1 cm³/mol. The summed E-state index contributed by atoms with van der Waals surface area (Å²) in [5, 5.41) is 8.27. The van der Waals surface area contributed by atoms with Crippen LogP contribution in [0.3, 0.4) is 0 Å². The molecule has 7 heteroatoms.